The van der Waals surface area contributed by atoms with E-state index in [2.05, 4.69) is 10.6 Å². The SMILES string of the molecule is COc1ccc(NC(=O)COc2c(Cl)cc(/C=C3/C(=O)NC(=O)N(c4ccc(Cl)c(Cl)c4)C3=O)cc2OC)cc1. The number of carbonyl (C=O) groups is 4. The number of hydrogen-bond acceptors (Lipinski definition) is 7. The van der Waals surface area contributed by atoms with Gasteiger partial charge in [0.15, 0.2) is 18.1 Å². The van der Waals surface area contributed by atoms with Crippen molar-refractivity contribution in [2.45, 2.75) is 0 Å². The molecule has 0 atom stereocenters. The number of methoxy groups -OCH3 is 2. The van der Waals surface area contributed by atoms with E-state index in [0.29, 0.717) is 17.0 Å². The average molecular weight is 605 g/mol. The molecule has 0 aliphatic carbocycles. The minimum absolute atomic E-state index is 0.0459. The Morgan fingerprint density at radius 2 is 1.65 bits per heavy atom. The van der Waals surface area contributed by atoms with Crippen molar-refractivity contribution < 1.29 is 33.4 Å². The Morgan fingerprint density at radius 1 is 0.925 bits per heavy atom. The first-order valence-corrected chi connectivity index (χ1v) is 12.6. The van der Waals surface area contributed by atoms with Crippen LogP contribution in [0.3, 0.4) is 0 Å². The third kappa shape index (κ3) is 6.31. The highest BCUT2D eigenvalue weighted by Gasteiger charge is 2.37. The normalized spacial score (nSPS) is 14.2. The number of nitrogens with one attached hydrogen (secondary N) is 2. The van der Waals surface area contributed by atoms with Gasteiger partial charge in [-0.15, -0.1) is 0 Å². The van der Waals surface area contributed by atoms with E-state index >= 15 is 0 Å². The molecule has 0 unspecified atom stereocenters. The van der Waals surface area contributed by atoms with Crippen molar-refractivity contribution in [3.8, 4) is 17.2 Å². The maximum Gasteiger partial charge on any atom is 0.335 e. The molecule has 1 aliphatic heterocycles. The zero-order valence-corrected chi connectivity index (χ0v) is 23.2. The van der Waals surface area contributed by atoms with Gasteiger partial charge in [-0.3, -0.25) is 19.7 Å². The summed E-state index contributed by atoms with van der Waals surface area (Å²) in [6, 6.07) is 12.8. The Kier molecular flexibility index (Phi) is 8.83. The zero-order valence-electron chi connectivity index (χ0n) is 20.9. The second-order valence-corrected chi connectivity index (χ2v) is 9.38. The van der Waals surface area contributed by atoms with Gasteiger partial charge in [0.05, 0.1) is 35.0 Å². The molecule has 0 aromatic heterocycles. The second kappa shape index (κ2) is 12.3. The number of urea groups is 1. The fraction of sp³-hybridized carbons (Fsp3) is 0.111. The van der Waals surface area contributed by atoms with E-state index in [-0.39, 0.29) is 44.4 Å². The number of amides is 5. The quantitative estimate of drug-likeness (QED) is 0.263. The first-order valence-electron chi connectivity index (χ1n) is 11.4. The molecule has 1 heterocycles. The van der Waals surface area contributed by atoms with Gasteiger partial charge in [0.1, 0.15) is 11.3 Å². The molecule has 13 heteroatoms. The molecule has 40 heavy (non-hydrogen) atoms. The third-order valence-electron chi connectivity index (χ3n) is 5.55. The van der Waals surface area contributed by atoms with Crippen LogP contribution < -0.4 is 29.7 Å². The molecular weight excluding hydrogens is 585 g/mol. The number of nitrogens with zero attached hydrogens (tertiary/aromatic N) is 1. The van der Waals surface area contributed by atoms with Crippen molar-refractivity contribution in [2.75, 3.05) is 31.0 Å². The summed E-state index contributed by atoms with van der Waals surface area (Å²) in [5.41, 5.74) is 0.594. The van der Waals surface area contributed by atoms with Gasteiger partial charge in [0.25, 0.3) is 17.7 Å². The van der Waals surface area contributed by atoms with Gasteiger partial charge in [-0.1, -0.05) is 34.8 Å². The number of imide groups is 2. The van der Waals surface area contributed by atoms with Crippen molar-refractivity contribution >= 4 is 76.0 Å². The van der Waals surface area contributed by atoms with Crippen molar-refractivity contribution in [1.82, 2.24) is 5.32 Å². The molecule has 3 aromatic carbocycles. The summed E-state index contributed by atoms with van der Waals surface area (Å²) in [6.07, 6.45) is 1.24. The van der Waals surface area contributed by atoms with Crippen LogP contribution >= 0.6 is 34.8 Å². The Bertz CT molecular complexity index is 1540. The van der Waals surface area contributed by atoms with Crippen LogP contribution in [0.2, 0.25) is 15.1 Å². The fourth-order valence-electron chi connectivity index (χ4n) is 3.66. The summed E-state index contributed by atoms with van der Waals surface area (Å²) in [4.78, 5) is 51.3. The number of anilines is 2. The number of barbiturate groups is 1. The van der Waals surface area contributed by atoms with Gasteiger partial charge < -0.3 is 19.5 Å². The molecule has 10 nitrogen and oxygen atoms in total. The number of benzene rings is 3. The first kappa shape index (κ1) is 28.8. The maximum atomic E-state index is 13.2. The highest BCUT2D eigenvalue weighted by atomic mass is 35.5. The summed E-state index contributed by atoms with van der Waals surface area (Å²) < 4.78 is 16.0. The minimum atomic E-state index is -0.946. The lowest BCUT2D eigenvalue weighted by molar-refractivity contribution is -0.122. The van der Waals surface area contributed by atoms with Gasteiger partial charge in [-0.25, -0.2) is 9.69 Å². The summed E-state index contributed by atoms with van der Waals surface area (Å²) in [5.74, 6) is -1.40. The van der Waals surface area contributed by atoms with Crippen molar-refractivity contribution in [2.24, 2.45) is 0 Å². The third-order valence-corrected chi connectivity index (χ3v) is 6.57. The van der Waals surface area contributed by atoms with Gasteiger partial charge in [-0.05, 0) is 66.2 Å². The summed E-state index contributed by atoms with van der Waals surface area (Å²) in [5, 5.41) is 5.19. The van der Waals surface area contributed by atoms with Gasteiger partial charge in [-0.2, -0.15) is 0 Å². The van der Waals surface area contributed by atoms with Crippen LogP contribution in [0.5, 0.6) is 17.2 Å². The van der Waals surface area contributed by atoms with Crippen molar-refractivity contribution in [1.29, 1.82) is 0 Å². The van der Waals surface area contributed by atoms with E-state index in [4.69, 9.17) is 49.0 Å². The zero-order chi connectivity index (χ0) is 29.0. The Morgan fingerprint density at radius 3 is 2.30 bits per heavy atom. The van der Waals surface area contributed by atoms with Crippen LogP contribution in [0.15, 0.2) is 60.2 Å². The number of rotatable bonds is 8. The van der Waals surface area contributed by atoms with Crippen LogP contribution in [-0.2, 0) is 14.4 Å². The molecule has 1 aliphatic rings. The van der Waals surface area contributed by atoms with E-state index in [0.717, 1.165) is 4.90 Å². The molecule has 4 rings (SSSR count). The largest absolute Gasteiger partial charge is 0.497 e. The molecule has 206 valence electrons. The molecule has 3 aromatic rings. The minimum Gasteiger partial charge on any atom is -0.497 e. The average Bonchev–Trinajstić information content (AvgIpc) is 2.92. The molecule has 2 N–H and O–H groups in total. The Labute approximate surface area is 243 Å². The summed E-state index contributed by atoms with van der Waals surface area (Å²) >= 11 is 18.4. The summed E-state index contributed by atoms with van der Waals surface area (Å²) in [7, 11) is 2.89. The number of hydrogen-bond donors (Lipinski definition) is 2. The molecule has 5 amide bonds. The molecule has 1 fully saturated rings. The Hall–Kier alpha value is -4.25. The van der Waals surface area contributed by atoms with Crippen LogP contribution in [0.4, 0.5) is 16.2 Å². The van der Waals surface area contributed by atoms with Crippen LogP contribution in [0.25, 0.3) is 6.08 Å². The first-order chi connectivity index (χ1) is 19.1. The molecule has 0 radical (unpaired) electrons. The predicted octanol–water partition coefficient (Wildman–Crippen LogP) is 5.35. The van der Waals surface area contributed by atoms with E-state index in [1.807, 2.05) is 0 Å². The lowest BCUT2D eigenvalue weighted by Gasteiger charge is -2.26. The van der Waals surface area contributed by atoms with Crippen LogP contribution in [0.1, 0.15) is 5.56 Å². The number of carbonyl (C=O) groups excluding carboxylic acids is 4. The lowest BCUT2D eigenvalue weighted by Crippen LogP contribution is -2.54. The van der Waals surface area contributed by atoms with E-state index in [1.54, 1.807) is 24.3 Å². The lowest BCUT2D eigenvalue weighted by atomic mass is 10.1. The molecule has 0 bridgehead atoms. The van der Waals surface area contributed by atoms with Crippen LogP contribution in [0, 0.1) is 0 Å². The molecule has 0 spiro atoms. The van der Waals surface area contributed by atoms with E-state index in [1.165, 1.54) is 50.6 Å². The highest BCUT2D eigenvalue weighted by molar-refractivity contribution is 6.43. The van der Waals surface area contributed by atoms with Gasteiger partial charge >= 0.3 is 6.03 Å². The smallest absolute Gasteiger partial charge is 0.335 e. The second-order valence-electron chi connectivity index (χ2n) is 8.16. The highest BCUT2D eigenvalue weighted by Crippen LogP contribution is 2.37. The number of halogens is 3. The molecule has 1 saturated heterocycles. The monoisotopic (exact) mass is 603 g/mol. The van der Waals surface area contributed by atoms with Crippen LogP contribution in [-0.4, -0.2) is 44.6 Å². The number of ether oxygens (including phenoxy) is 3. The topological polar surface area (TPSA) is 123 Å². The van der Waals surface area contributed by atoms with Gasteiger partial charge in [0, 0.05) is 5.69 Å². The van der Waals surface area contributed by atoms with E-state index < -0.39 is 23.8 Å². The molecular formula is C27H20Cl3N3O7. The Balaban J connectivity index is 1.54. The predicted molar refractivity (Wildman–Crippen MR) is 151 cm³/mol. The van der Waals surface area contributed by atoms with E-state index in [9.17, 15) is 19.2 Å². The van der Waals surface area contributed by atoms with Gasteiger partial charge in [0.2, 0.25) is 0 Å². The standard InChI is InChI=1S/C27H20Cl3N3O7/c1-38-17-6-3-15(4-7-17)31-23(34)13-40-24-21(30)10-14(11-22(24)39-2)9-18-25(35)32-27(37)33(26(18)36)16-5-8-19(28)20(29)12-16/h3-12H,13H2,1-2H3,(H,31,34)(H,32,35,37)/b18-9-. The van der Waals surface area contributed by atoms with Crippen molar-refractivity contribution in [3.63, 3.8) is 0 Å². The summed E-state index contributed by atoms with van der Waals surface area (Å²) in [6.45, 7) is -0.385. The maximum absolute atomic E-state index is 13.2. The van der Waals surface area contributed by atoms with Crippen molar-refractivity contribution in [3.05, 3.63) is 80.8 Å². The fourth-order valence-corrected chi connectivity index (χ4v) is 4.22. The molecule has 0 saturated carbocycles.